The van der Waals surface area contributed by atoms with E-state index in [1.807, 2.05) is 0 Å². The van der Waals surface area contributed by atoms with Gasteiger partial charge in [-0.25, -0.2) is 0 Å². The standard InChI is InChI=1S/C3H6O2S.2H3N/c1-2(6)3(4)5;;/h2,6H,1H3,(H,4,5);2*1H3. The fourth-order valence-electron chi connectivity index (χ4n) is 0. The van der Waals surface area contributed by atoms with Gasteiger partial charge in [-0.05, 0) is 6.92 Å². The van der Waals surface area contributed by atoms with Gasteiger partial charge in [0.15, 0.2) is 0 Å². The maximum absolute atomic E-state index is 9.62. The topological polar surface area (TPSA) is 107 Å². The highest BCUT2D eigenvalue weighted by Gasteiger charge is 2.00. The van der Waals surface area contributed by atoms with E-state index in [1.54, 1.807) is 0 Å². The maximum Gasteiger partial charge on any atom is 0.316 e. The van der Waals surface area contributed by atoms with Gasteiger partial charge < -0.3 is 17.4 Å². The van der Waals surface area contributed by atoms with E-state index in [-0.39, 0.29) is 12.3 Å². The number of thiol groups is 1. The van der Waals surface area contributed by atoms with Crippen molar-refractivity contribution in [1.82, 2.24) is 12.3 Å². The molecule has 0 radical (unpaired) electrons. The smallest absolute Gasteiger partial charge is 0.316 e. The Labute approximate surface area is 53.9 Å². The highest BCUT2D eigenvalue weighted by Crippen LogP contribution is 1.88. The highest BCUT2D eigenvalue weighted by atomic mass is 32.1. The molecule has 4 nitrogen and oxygen atoms in total. The number of hydrogen-bond acceptors (Lipinski definition) is 4. The van der Waals surface area contributed by atoms with Crippen LogP contribution in [0.5, 0.6) is 0 Å². The minimum Gasteiger partial charge on any atom is -0.480 e. The van der Waals surface area contributed by atoms with Crippen LogP contribution in [0.15, 0.2) is 0 Å². The molecule has 5 heteroatoms. The highest BCUT2D eigenvalue weighted by molar-refractivity contribution is 7.81. The quantitative estimate of drug-likeness (QED) is 0.402. The lowest BCUT2D eigenvalue weighted by Crippen LogP contribution is -2.06. The van der Waals surface area contributed by atoms with Crippen LogP contribution < -0.4 is 12.3 Å². The van der Waals surface area contributed by atoms with Gasteiger partial charge in [-0.15, -0.1) is 0 Å². The first kappa shape index (κ1) is 15.6. The first-order chi connectivity index (χ1) is 2.64. The van der Waals surface area contributed by atoms with Crippen molar-refractivity contribution in [2.45, 2.75) is 12.2 Å². The van der Waals surface area contributed by atoms with Gasteiger partial charge >= 0.3 is 5.97 Å². The van der Waals surface area contributed by atoms with Crippen molar-refractivity contribution in [1.29, 1.82) is 0 Å². The van der Waals surface area contributed by atoms with Crippen molar-refractivity contribution in [3.8, 4) is 0 Å². The second-order valence-electron chi connectivity index (χ2n) is 1.01. The van der Waals surface area contributed by atoms with Crippen LogP contribution in [0.4, 0.5) is 0 Å². The normalized spacial score (nSPS) is 10.2. The molecular weight excluding hydrogens is 128 g/mol. The lowest BCUT2D eigenvalue weighted by Gasteiger charge is -1.88. The van der Waals surface area contributed by atoms with Crippen LogP contribution in [0.25, 0.3) is 0 Å². The zero-order chi connectivity index (χ0) is 5.15. The SMILES string of the molecule is CC(S)C(=O)O.N.N. The third-order valence-corrected chi connectivity index (χ3v) is 0.578. The summed E-state index contributed by atoms with van der Waals surface area (Å²) < 4.78 is 0. The van der Waals surface area contributed by atoms with Crippen molar-refractivity contribution >= 4 is 18.6 Å². The van der Waals surface area contributed by atoms with Crippen LogP contribution in [-0.2, 0) is 4.79 Å². The predicted octanol–water partition coefficient (Wildman–Crippen LogP) is 0.713. The molecule has 0 bridgehead atoms. The Bertz CT molecular complexity index is 66.3. The summed E-state index contributed by atoms with van der Waals surface area (Å²) in [7, 11) is 0. The molecule has 0 aliphatic heterocycles. The first-order valence-electron chi connectivity index (χ1n) is 1.55. The lowest BCUT2D eigenvalue weighted by atomic mass is 10.5. The van der Waals surface area contributed by atoms with E-state index < -0.39 is 11.2 Å². The van der Waals surface area contributed by atoms with Crippen molar-refractivity contribution in [2.24, 2.45) is 0 Å². The summed E-state index contributed by atoms with van der Waals surface area (Å²) in [4.78, 5) is 9.62. The van der Waals surface area contributed by atoms with Crippen LogP contribution in [0.2, 0.25) is 0 Å². The Hall–Kier alpha value is -0.260. The Balaban J connectivity index is -0.000000125. The van der Waals surface area contributed by atoms with E-state index in [0.29, 0.717) is 0 Å². The number of aliphatic carboxylic acids is 1. The first-order valence-corrected chi connectivity index (χ1v) is 2.07. The van der Waals surface area contributed by atoms with Crippen LogP contribution in [0.1, 0.15) is 6.92 Å². The minimum absolute atomic E-state index is 0. The summed E-state index contributed by atoms with van der Waals surface area (Å²) in [6.45, 7) is 1.51. The Morgan fingerprint density at radius 1 is 1.62 bits per heavy atom. The lowest BCUT2D eigenvalue weighted by molar-refractivity contribution is -0.136. The van der Waals surface area contributed by atoms with E-state index in [9.17, 15) is 4.79 Å². The number of rotatable bonds is 1. The summed E-state index contributed by atoms with van der Waals surface area (Å²) in [6.07, 6.45) is 0. The summed E-state index contributed by atoms with van der Waals surface area (Å²) in [6, 6.07) is 0. The molecule has 0 fully saturated rings. The molecule has 0 aromatic heterocycles. The monoisotopic (exact) mass is 140 g/mol. The van der Waals surface area contributed by atoms with Crippen molar-refractivity contribution in [2.75, 3.05) is 0 Å². The van der Waals surface area contributed by atoms with E-state index in [4.69, 9.17) is 5.11 Å². The zero-order valence-electron chi connectivity index (χ0n) is 4.79. The van der Waals surface area contributed by atoms with Crippen LogP contribution in [0.3, 0.4) is 0 Å². The van der Waals surface area contributed by atoms with Crippen molar-refractivity contribution in [3.63, 3.8) is 0 Å². The van der Waals surface area contributed by atoms with E-state index in [2.05, 4.69) is 12.6 Å². The van der Waals surface area contributed by atoms with Crippen molar-refractivity contribution in [3.05, 3.63) is 0 Å². The molecule has 1 unspecified atom stereocenters. The molecule has 0 amide bonds. The molecule has 8 heavy (non-hydrogen) atoms. The van der Waals surface area contributed by atoms with Gasteiger partial charge in [0.1, 0.15) is 0 Å². The number of carboxylic acid groups (broad SMARTS) is 1. The fraction of sp³-hybridized carbons (Fsp3) is 0.667. The van der Waals surface area contributed by atoms with Gasteiger partial charge in [0.25, 0.3) is 0 Å². The third kappa shape index (κ3) is 9.22. The van der Waals surface area contributed by atoms with E-state index in [1.165, 1.54) is 6.92 Å². The van der Waals surface area contributed by atoms with Crippen LogP contribution >= 0.6 is 12.6 Å². The Morgan fingerprint density at radius 2 is 1.75 bits per heavy atom. The molecule has 0 heterocycles. The summed E-state index contributed by atoms with van der Waals surface area (Å²) >= 11 is 3.59. The van der Waals surface area contributed by atoms with E-state index in [0.717, 1.165) is 0 Å². The number of hydrogen-bond donors (Lipinski definition) is 4. The van der Waals surface area contributed by atoms with Crippen molar-refractivity contribution < 1.29 is 9.90 Å². The molecule has 0 saturated heterocycles. The zero-order valence-corrected chi connectivity index (χ0v) is 5.69. The molecule has 1 atom stereocenters. The molecule has 0 aromatic carbocycles. The van der Waals surface area contributed by atoms with E-state index >= 15 is 0 Å². The summed E-state index contributed by atoms with van der Waals surface area (Å²) in [5.41, 5.74) is 0. The molecule has 0 saturated carbocycles. The average Bonchev–Trinajstić information content (AvgIpc) is 1.36. The average molecular weight is 140 g/mol. The second kappa shape index (κ2) is 6.74. The minimum atomic E-state index is -0.877. The number of carbonyl (C=O) groups is 1. The van der Waals surface area contributed by atoms with Gasteiger partial charge in [0.2, 0.25) is 0 Å². The second-order valence-corrected chi connectivity index (χ2v) is 1.79. The molecule has 0 aliphatic carbocycles. The van der Waals surface area contributed by atoms with Gasteiger partial charge in [0, 0.05) is 0 Å². The molecule has 52 valence electrons. The number of carboxylic acids is 1. The summed E-state index contributed by atoms with van der Waals surface area (Å²) in [5, 5.41) is 7.38. The van der Waals surface area contributed by atoms with Gasteiger partial charge in [-0.3, -0.25) is 4.79 Å². The van der Waals surface area contributed by atoms with Crippen LogP contribution in [0, 0.1) is 0 Å². The largest absolute Gasteiger partial charge is 0.480 e. The van der Waals surface area contributed by atoms with Gasteiger partial charge in [0.05, 0.1) is 5.25 Å². The maximum atomic E-state index is 9.62. The predicted molar refractivity (Wildman–Crippen MR) is 36.1 cm³/mol. The molecule has 0 rings (SSSR count). The molecule has 0 spiro atoms. The Morgan fingerprint density at radius 3 is 1.75 bits per heavy atom. The molecular formula is C3H12N2O2S. The fourth-order valence-corrected chi connectivity index (χ4v) is 0. The summed E-state index contributed by atoms with van der Waals surface area (Å²) in [5.74, 6) is -0.877. The van der Waals surface area contributed by atoms with Gasteiger partial charge in [-0.1, -0.05) is 0 Å². The Kier molecular flexibility index (Phi) is 13.2. The van der Waals surface area contributed by atoms with Gasteiger partial charge in [-0.2, -0.15) is 12.6 Å². The molecule has 0 aliphatic rings. The third-order valence-electron chi connectivity index (χ3n) is 0.357. The molecule has 0 aromatic rings. The molecule has 7 N–H and O–H groups in total. The van der Waals surface area contributed by atoms with Crippen LogP contribution in [-0.4, -0.2) is 16.3 Å².